The molecule has 0 aromatic carbocycles. The Balaban J connectivity index is 2.34. The van der Waals surface area contributed by atoms with Crippen LogP contribution in [0.3, 0.4) is 0 Å². The van der Waals surface area contributed by atoms with Crippen molar-refractivity contribution in [1.82, 2.24) is 15.6 Å². The number of carbonyl (C=O) groups is 2. The Morgan fingerprint density at radius 1 is 1.61 bits per heavy atom. The highest BCUT2D eigenvalue weighted by molar-refractivity contribution is 7.98. The van der Waals surface area contributed by atoms with Gasteiger partial charge < -0.3 is 15.7 Å². The zero-order chi connectivity index (χ0) is 13.4. The first-order chi connectivity index (χ1) is 8.63. The SMILES string of the molecule is CSCCC(NC(=O)NCc1cscn1)C(=O)O. The number of urea groups is 1. The molecular weight excluding hydrogens is 274 g/mol. The number of hydrogen-bond donors (Lipinski definition) is 3. The number of hydrogen-bond acceptors (Lipinski definition) is 5. The van der Waals surface area contributed by atoms with Crippen LogP contribution in [0.4, 0.5) is 4.79 Å². The summed E-state index contributed by atoms with van der Waals surface area (Å²) in [6, 6.07) is -1.34. The fourth-order valence-corrected chi connectivity index (χ4v) is 2.23. The van der Waals surface area contributed by atoms with Crippen LogP contribution in [0.5, 0.6) is 0 Å². The zero-order valence-corrected chi connectivity index (χ0v) is 11.5. The van der Waals surface area contributed by atoms with E-state index in [0.717, 1.165) is 5.69 Å². The predicted molar refractivity (Wildman–Crippen MR) is 71.9 cm³/mol. The van der Waals surface area contributed by atoms with E-state index in [1.54, 1.807) is 17.3 Å². The van der Waals surface area contributed by atoms with Crippen LogP contribution in [-0.4, -0.2) is 40.1 Å². The van der Waals surface area contributed by atoms with Crippen molar-refractivity contribution in [2.24, 2.45) is 0 Å². The second-order valence-electron chi connectivity index (χ2n) is 3.48. The number of carbonyl (C=O) groups excluding carboxylic acids is 1. The molecule has 0 aliphatic rings. The molecule has 1 aromatic rings. The Bertz CT molecular complexity index is 384. The highest BCUT2D eigenvalue weighted by atomic mass is 32.2. The van der Waals surface area contributed by atoms with Gasteiger partial charge in [-0.3, -0.25) is 0 Å². The summed E-state index contributed by atoms with van der Waals surface area (Å²) in [4.78, 5) is 26.4. The molecule has 0 bridgehead atoms. The van der Waals surface area contributed by atoms with Gasteiger partial charge >= 0.3 is 12.0 Å². The first-order valence-electron chi connectivity index (χ1n) is 5.26. The van der Waals surface area contributed by atoms with E-state index < -0.39 is 18.0 Å². The summed E-state index contributed by atoms with van der Waals surface area (Å²) in [5, 5.41) is 15.8. The topological polar surface area (TPSA) is 91.3 Å². The minimum atomic E-state index is -1.02. The molecule has 100 valence electrons. The average Bonchev–Trinajstić information content (AvgIpc) is 2.84. The van der Waals surface area contributed by atoms with Crippen LogP contribution in [0.1, 0.15) is 12.1 Å². The normalized spacial score (nSPS) is 11.8. The lowest BCUT2D eigenvalue weighted by atomic mass is 10.2. The van der Waals surface area contributed by atoms with E-state index in [4.69, 9.17) is 5.11 Å². The fourth-order valence-electron chi connectivity index (χ4n) is 1.20. The molecule has 1 aromatic heterocycles. The van der Waals surface area contributed by atoms with Gasteiger partial charge in [0.2, 0.25) is 0 Å². The van der Waals surface area contributed by atoms with E-state index in [-0.39, 0.29) is 0 Å². The van der Waals surface area contributed by atoms with Gasteiger partial charge in [-0.05, 0) is 18.4 Å². The van der Waals surface area contributed by atoms with Gasteiger partial charge in [0.25, 0.3) is 0 Å². The van der Waals surface area contributed by atoms with Gasteiger partial charge in [0.1, 0.15) is 6.04 Å². The number of carboxylic acids is 1. The number of nitrogens with one attached hydrogen (secondary N) is 2. The van der Waals surface area contributed by atoms with Crippen LogP contribution in [0.25, 0.3) is 0 Å². The lowest BCUT2D eigenvalue weighted by Crippen LogP contribution is -2.46. The summed E-state index contributed by atoms with van der Waals surface area (Å²) in [5.41, 5.74) is 2.43. The van der Waals surface area contributed by atoms with E-state index in [2.05, 4.69) is 15.6 Å². The van der Waals surface area contributed by atoms with Gasteiger partial charge in [-0.2, -0.15) is 11.8 Å². The van der Waals surface area contributed by atoms with Crippen molar-refractivity contribution in [3.05, 3.63) is 16.6 Å². The maximum Gasteiger partial charge on any atom is 0.326 e. The minimum absolute atomic E-state index is 0.296. The van der Waals surface area contributed by atoms with Crippen LogP contribution in [0.15, 0.2) is 10.9 Å². The second-order valence-corrected chi connectivity index (χ2v) is 5.18. The van der Waals surface area contributed by atoms with E-state index in [9.17, 15) is 9.59 Å². The van der Waals surface area contributed by atoms with Crippen molar-refractivity contribution < 1.29 is 14.7 Å². The molecule has 18 heavy (non-hydrogen) atoms. The summed E-state index contributed by atoms with van der Waals surface area (Å²) in [6.07, 6.45) is 2.29. The Hall–Kier alpha value is -1.28. The third-order valence-corrected chi connectivity index (χ3v) is 3.41. The van der Waals surface area contributed by atoms with Crippen molar-refractivity contribution >= 4 is 35.1 Å². The van der Waals surface area contributed by atoms with Crippen molar-refractivity contribution in [2.75, 3.05) is 12.0 Å². The standard InChI is InChI=1S/C10H15N3O3S2/c1-17-3-2-8(9(14)15)13-10(16)11-4-7-5-18-6-12-7/h5-6,8H,2-4H2,1H3,(H,14,15)(H2,11,13,16). The highest BCUT2D eigenvalue weighted by Gasteiger charge is 2.18. The number of aromatic nitrogens is 1. The first-order valence-corrected chi connectivity index (χ1v) is 7.60. The monoisotopic (exact) mass is 289 g/mol. The van der Waals surface area contributed by atoms with Gasteiger partial charge in [-0.1, -0.05) is 0 Å². The van der Waals surface area contributed by atoms with Gasteiger partial charge in [0, 0.05) is 5.38 Å². The summed E-state index contributed by atoms with van der Waals surface area (Å²) in [7, 11) is 0. The predicted octanol–water partition coefficient (Wildman–Crippen LogP) is 1.15. The molecule has 0 fully saturated rings. The number of rotatable bonds is 7. The first kappa shape index (κ1) is 14.8. The van der Waals surface area contributed by atoms with Crippen LogP contribution in [0.2, 0.25) is 0 Å². The van der Waals surface area contributed by atoms with Crippen molar-refractivity contribution in [1.29, 1.82) is 0 Å². The molecule has 3 N–H and O–H groups in total. The molecule has 1 atom stereocenters. The van der Waals surface area contributed by atoms with E-state index in [1.807, 2.05) is 11.6 Å². The van der Waals surface area contributed by atoms with Gasteiger partial charge in [-0.15, -0.1) is 11.3 Å². The quantitative estimate of drug-likeness (QED) is 0.700. The third-order valence-electron chi connectivity index (χ3n) is 2.13. The lowest BCUT2D eigenvalue weighted by Gasteiger charge is -2.14. The average molecular weight is 289 g/mol. The highest BCUT2D eigenvalue weighted by Crippen LogP contribution is 2.02. The summed E-state index contributed by atoms with van der Waals surface area (Å²) in [6.45, 7) is 0.296. The number of thioether (sulfide) groups is 1. The van der Waals surface area contributed by atoms with E-state index in [0.29, 0.717) is 18.7 Å². The number of carboxylic acid groups (broad SMARTS) is 1. The summed E-state index contributed by atoms with van der Waals surface area (Å²) >= 11 is 2.98. The third kappa shape index (κ3) is 5.37. The molecule has 0 radical (unpaired) electrons. The molecule has 0 aliphatic heterocycles. The van der Waals surface area contributed by atoms with E-state index >= 15 is 0 Å². The van der Waals surface area contributed by atoms with Crippen LogP contribution >= 0.6 is 23.1 Å². The zero-order valence-electron chi connectivity index (χ0n) is 9.88. The maximum atomic E-state index is 11.5. The molecule has 0 saturated carbocycles. The molecule has 1 rings (SSSR count). The second kappa shape index (κ2) is 7.93. The number of aliphatic carboxylic acids is 1. The van der Waals surface area contributed by atoms with Crippen LogP contribution < -0.4 is 10.6 Å². The fraction of sp³-hybridized carbons (Fsp3) is 0.500. The van der Waals surface area contributed by atoms with Crippen molar-refractivity contribution in [3.63, 3.8) is 0 Å². The summed E-state index contributed by atoms with van der Waals surface area (Å²) in [5.74, 6) is -0.337. The Morgan fingerprint density at radius 2 is 2.39 bits per heavy atom. The largest absolute Gasteiger partial charge is 0.480 e. The Kier molecular flexibility index (Phi) is 6.51. The number of amides is 2. The maximum absolute atomic E-state index is 11.5. The molecule has 8 heteroatoms. The number of thiazole rings is 1. The van der Waals surface area contributed by atoms with Crippen LogP contribution in [0, 0.1) is 0 Å². The van der Waals surface area contributed by atoms with Crippen LogP contribution in [-0.2, 0) is 11.3 Å². The van der Waals surface area contributed by atoms with Crippen molar-refractivity contribution in [2.45, 2.75) is 19.0 Å². The molecule has 1 heterocycles. The molecule has 0 spiro atoms. The summed E-state index contributed by atoms with van der Waals surface area (Å²) < 4.78 is 0. The number of nitrogens with zero attached hydrogens (tertiary/aromatic N) is 1. The minimum Gasteiger partial charge on any atom is -0.480 e. The van der Waals surface area contributed by atoms with Crippen molar-refractivity contribution in [3.8, 4) is 0 Å². The molecule has 0 aliphatic carbocycles. The molecule has 6 nitrogen and oxygen atoms in total. The smallest absolute Gasteiger partial charge is 0.326 e. The van der Waals surface area contributed by atoms with Gasteiger partial charge in [0.05, 0.1) is 17.7 Å². The van der Waals surface area contributed by atoms with Gasteiger partial charge in [-0.25, -0.2) is 14.6 Å². The molecule has 2 amide bonds. The Labute approximate surface area is 113 Å². The molecule has 1 unspecified atom stereocenters. The lowest BCUT2D eigenvalue weighted by molar-refractivity contribution is -0.139. The molecular formula is C10H15N3O3S2. The Morgan fingerprint density at radius 3 is 2.94 bits per heavy atom. The molecule has 0 saturated heterocycles. The van der Waals surface area contributed by atoms with E-state index in [1.165, 1.54) is 11.3 Å². The van der Waals surface area contributed by atoms with Gasteiger partial charge in [0.15, 0.2) is 0 Å².